The number of carbonyl (C=O) groups excluding carboxylic acids is 1. The first-order chi connectivity index (χ1) is 10.9. The Balaban J connectivity index is 2.09. The number of amides is 1. The second-order valence-electron chi connectivity index (χ2n) is 4.85. The van der Waals surface area contributed by atoms with Crippen LogP contribution in [0.2, 0.25) is 0 Å². The summed E-state index contributed by atoms with van der Waals surface area (Å²) in [5.74, 6) is 0.512. The minimum absolute atomic E-state index is 0.240. The number of hydrogen-bond acceptors (Lipinski definition) is 3. The van der Waals surface area contributed by atoms with Gasteiger partial charge in [0, 0.05) is 12.4 Å². The summed E-state index contributed by atoms with van der Waals surface area (Å²) < 4.78 is 39.2. The molecule has 124 valence electrons. The third-order valence-corrected chi connectivity index (χ3v) is 3.85. The maximum Gasteiger partial charge on any atom is 0.433 e. The molecule has 0 aliphatic rings. The van der Waals surface area contributed by atoms with Crippen molar-refractivity contribution in [3.05, 3.63) is 48.5 Å². The van der Waals surface area contributed by atoms with Crippen LogP contribution in [0.25, 0.3) is 0 Å². The van der Waals surface area contributed by atoms with Crippen LogP contribution in [0.1, 0.15) is 18.2 Å². The van der Waals surface area contributed by atoms with Crippen molar-refractivity contribution in [2.75, 3.05) is 17.3 Å². The summed E-state index contributed by atoms with van der Waals surface area (Å²) in [5.41, 5.74) is -0.746. The Hall–Kier alpha value is -1.96. The number of carbonyl (C=O) groups is 1. The first-order valence-electron chi connectivity index (χ1n) is 6.87. The van der Waals surface area contributed by atoms with Gasteiger partial charge < -0.3 is 9.88 Å². The number of nitrogens with one attached hydrogen (secondary N) is 1. The molecule has 1 amide bonds. The Morgan fingerprint density at radius 2 is 2.04 bits per heavy atom. The maximum atomic E-state index is 12.5. The summed E-state index contributed by atoms with van der Waals surface area (Å²) in [6.07, 6.45) is 2.67. The number of halogens is 3. The smallest absolute Gasteiger partial charge is 0.342 e. The van der Waals surface area contributed by atoms with Crippen molar-refractivity contribution in [3.63, 3.8) is 0 Å². The Morgan fingerprint density at radius 1 is 1.35 bits per heavy atom. The van der Waals surface area contributed by atoms with Crippen LogP contribution in [0.15, 0.2) is 42.9 Å². The fourth-order valence-electron chi connectivity index (χ4n) is 2.06. The summed E-state index contributed by atoms with van der Waals surface area (Å²) >= 11 is 1.62. The summed E-state index contributed by atoms with van der Waals surface area (Å²) in [5, 5.41) is 2.62. The molecule has 2 heterocycles. The molecule has 0 fully saturated rings. The third kappa shape index (κ3) is 4.75. The molecule has 0 unspecified atom stereocenters. The van der Waals surface area contributed by atoms with Crippen LogP contribution in [0.3, 0.4) is 0 Å². The highest BCUT2D eigenvalue weighted by Crippen LogP contribution is 2.28. The van der Waals surface area contributed by atoms with Gasteiger partial charge in [0.05, 0.1) is 11.9 Å². The normalized spacial score (nSPS) is 12.9. The van der Waals surface area contributed by atoms with Gasteiger partial charge in [0.1, 0.15) is 11.7 Å². The first-order valence-corrected chi connectivity index (χ1v) is 8.26. The molecule has 1 atom stereocenters. The van der Waals surface area contributed by atoms with Crippen molar-refractivity contribution in [3.8, 4) is 0 Å². The fourth-order valence-corrected chi connectivity index (χ4v) is 2.52. The average molecular weight is 343 g/mol. The third-order valence-electron chi connectivity index (χ3n) is 3.21. The van der Waals surface area contributed by atoms with E-state index in [1.165, 1.54) is 6.07 Å². The number of nitrogens with zero attached hydrogens (tertiary/aromatic N) is 2. The number of thioether (sulfide) groups is 1. The van der Waals surface area contributed by atoms with E-state index in [0.717, 1.165) is 18.0 Å². The van der Waals surface area contributed by atoms with Crippen molar-refractivity contribution < 1.29 is 18.0 Å². The molecule has 0 spiro atoms. The lowest BCUT2D eigenvalue weighted by Crippen LogP contribution is -2.26. The monoisotopic (exact) mass is 343 g/mol. The predicted octanol–water partition coefficient (Wildman–Crippen LogP) is 3.83. The van der Waals surface area contributed by atoms with Crippen molar-refractivity contribution in [1.29, 1.82) is 0 Å². The fraction of sp³-hybridized carbons (Fsp3) is 0.333. The van der Waals surface area contributed by atoms with Crippen LogP contribution in [0.5, 0.6) is 0 Å². The van der Waals surface area contributed by atoms with Gasteiger partial charge in [-0.05, 0) is 42.7 Å². The molecule has 1 N–H and O–H groups in total. The van der Waals surface area contributed by atoms with Crippen molar-refractivity contribution in [1.82, 2.24) is 9.55 Å². The zero-order valence-corrected chi connectivity index (χ0v) is 13.2. The second-order valence-corrected chi connectivity index (χ2v) is 5.83. The molecule has 23 heavy (non-hydrogen) atoms. The lowest BCUT2D eigenvalue weighted by molar-refractivity contribution is -0.141. The highest BCUT2D eigenvalue weighted by atomic mass is 32.2. The molecule has 0 bridgehead atoms. The van der Waals surface area contributed by atoms with Gasteiger partial charge in [-0.15, -0.1) is 0 Å². The van der Waals surface area contributed by atoms with Gasteiger partial charge in [0.2, 0.25) is 5.91 Å². The van der Waals surface area contributed by atoms with Crippen LogP contribution in [-0.4, -0.2) is 27.5 Å². The van der Waals surface area contributed by atoms with Crippen LogP contribution in [0.4, 0.5) is 18.9 Å². The van der Waals surface area contributed by atoms with E-state index in [0.29, 0.717) is 6.42 Å². The predicted molar refractivity (Wildman–Crippen MR) is 84.3 cm³/mol. The first kappa shape index (κ1) is 17.4. The van der Waals surface area contributed by atoms with E-state index in [-0.39, 0.29) is 11.6 Å². The number of rotatable bonds is 6. The van der Waals surface area contributed by atoms with Crippen LogP contribution in [-0.2, 0) is 11.0 Å². The van der Waals surface area contributed by atoms with Gasteiger partial charge in [0.15, 0.2) is 0 Å². The van der Waals surface area contributed by atoms with Crippen molar-refractivity contribution in [2.45, 2.75) is 18.6 Å². The molecule has 2 rings (SSSR count). The molecule has 2 aromatic rings. The summed E-state index contributed by atoms with van der Waals surface area (Å²) in [4.78, 5) is 15.7. The Bertz CT molecular complexity index is 626. The molecule has 0 aliphatic heterocycles. The topological polar surface area (TPSA) is 46.9 Å². The highest BCUT2D eigenvalue weighted by Gasteiger charge is 2.32. The molecular weight excluding hydrogens is 327 g/mol. The molecule has 4 nitrogen and oxygen atoms in total. The Kier molecular flexibility index (Phi) is 5.70. The molecule has 0 aromatic carbocycles. The van der Waals surface area contributed by atoms with E-state index >= 15 is 0 Å². The molecule has 8 heteroatoms. The van der Waals surface area contributed by atoms with E-state index in [4.69, 9.17) is 0 Å². The standard InChI is InChI=1S/C15H16F3N3OS/c1-23-9-6-12(21-7-2-3-8-21)14(22)20-11-4-5-13(19-10-11)15(16,17)18/h2-5,7-8,10,12H,6,9H2,1H3,(H,20,22)/t12-/m1/s1. The Morgan fingerprint density at radius 3 is 2.57 bits per heavy atom. The highest BCUT2D eigenvalue weighted by molar-refractivity contribution is 7.98. The molecular formula is C15H16F3N3OS. The van der Waals surface area contributed by atoms with Gasteiger partial charge in [-0.25, -0.2) is 4.98 Å². The zero-order valence-electron chi connectivity index (χ0n) is 12.4. The van der Waals surface area contributed by atoms with Gasteiger partial charge in [0.25, 0.3) is 0 Å². The largest absolute Gasteiger partial charge is 0.433 e. The quantitative estimate of drug-likeness (QED) is 0.867. The number of aromatic nitrogens is 2. The van der Waals surface area contributed by atoms with E-state index in [9.17, 15) is 18.0 Å². The molecule has 0 saturated heterocycles. The summed E-state index contributed by atoms with van der Waals surface area (Å²) in [6.45, 7) is 0. The average Bonchev–Trinajstić information content (AvgIpc) is 3.01. The molecule has 2 aromatic heterocycles. The number of hydrogen-bond donors (Lipinski definition) is 1. The van der Waals surface area contributed by atoms with Gasteiger partial charge in [-0.2, -0.15) is 24.9 Å². The summed E-state index contributed by atoms with van der Waals surface area (Å²) in [6, 6.07) is 5.27. The second kappa shape index (κ2) is 7.54. The van der Waals surface area contributed by atoms with Gasteiger partial charge >= 0.3 is 6.18 Å². The van der Waals surface area contributed by atoms with E-state index in [1.807, 2.05) is 18.4 Å². The van der Waals surface area contributed by atoms with E-state index < -0.39 is 17.9 Å². The van der Waals surface area contributed by atoms with Crippen molar-refractivity contribution >= 4 is 23.4 Å². The molecule has 0 saturated carbocycles. The number of anilines is 1. The summed E-state index contributed by atoms with van der Waals surface area (Å²) in [7, 11) is 0. The molecule has 0 radical (unpaired) electrons. The minimum atomic E-state index is -4.49. The van der Waals surface area contributed by atoms with Crippen LogP contribution < -0.4 is 5.32 Å². The van der Waals surface area contributed by atoms with Crippen LogP contribution >= 0.6 is 11.8 Å². The lowest BCUT2D eigenvalue weighted by Gasteiger charge is -2.18. The molecule has 0 aliphatic carbocycles. The lowest BCUT2D eigenvalue weighted by atomic mass is 10.2. The minimum Gasteiger partial charge on any atom is -0.342 e. The van der Waals surface area contributed by atoms with Gasteiger partial charge in [-0.3, -0.25) is 4.79 Å². The zero-order chi connectivity index (χ0) is 16.9. The Labute approximate surface area is 136 Å². The van der Waals surface area contributed by atoms with Crippen LogP contribution in [0, 0.1) is 0 Å². The maximum absolute atomic E-state index is 12.5. The number of alkyl halides is 3. The van der Waals surface area contributed by atoms with Crippen molar-refractivity contribution in [2.24, 2.45) is 0 Å². The SMILES string of the molecule is CSCC[C@H](C(=O)Nc1ccc(C(F)(F)F)nc1)n1cccc1. The number of pyridine rings is 1. The van der Waals surface area contributed by atoms with E-state index in [1.54, 1.807) is 28.7 Å². The van der Waals surface area contributed by atoms with Gasteiger partial charge in [-0.1, -0.05) is 0 Å². The van der Waals surface area contributed by atoms with E-state index in [2.05, 4.69) is 10.3 Å².